The van der Waals surface area contributed by atoms with Gasteiger partial charge in [-0.3, -0.25) is 4.79 Å². The molecule has 1 fully saturated rings. The van der Waals surface area contributed by atoms with Crippen LogP contribution < -0.4 is 4.90 Å². The Hall–Kier alpha value is -2.38. The molecular formula is C20H22Cl2N6O. The summed E-state index contributed by atoms with van der Waals surface area (Å²) < 4.78 is 1.68. The van der Waals surface area contributed by atoms with Crippen LogP contribution >= 0.6 is 23.2 Å². The van der Waals surface area contributed by atoms with Crippen molar-refractivity contribution in [2.45, 2.75) is 20.3 Å². The Kier molecular flexibility index (Phi) is 5.61. The van der Waals surface area contributed by atoms with Crippen LogP contribution in [0.15, 0.2) is 30.5 Å². The van der Waals surface area contributed by atoms with Crippen molar-refractivity contribution in [3.05, 3.63) is 40.5 Å². The molecule has 0 bridgehead atoms. The number of aromatic nitrogens is 4. The van der Waals surface area contributed by atoms with Gasteiger partial charge in [0, 0.05) is 48.9 Å². The van der Waals surface area contributed by atoms with Gasteiger partial charge in [0.1, 0.15) is 0 Å². The molecule has 7 nitrogen and oxygen atoms in total. The fraction of sp³-hybridized carbons (Fsp3) is 0.400. The molecule has 0 aliphatic carbocycles. The third kappa shape index (κ3) is 3.89. The van der Waals surface area contributed by atoms with E-state index in [-0.39, 0.29) is 11.8 Å². The number of carbonyl (C=O) groups excluding carboxylic acids is 1. The Morgan fingerprint density at radius 2 is 1.93 bits per heavy atom. The Bertz CT molecular complexity index is 1040. The highest BCUT2D eigenvalue weighted by Crippen LogP contribution is 2.30. The van der Waals surface area contributed by atoms with E-state index in [1.807, 2.05) is 24.8 Å². The highest BCUT2D eigenvalue weighted by molar-refractivity contribution is 6.35. The molecular weight excluding hydrogens is 411 g/mol. The van der Waals surface area contributed by atoms with E-state index in [1.54, 1.807) is 28.9 Å². The van der Waals surface area contributed by atoms with Gasteiger partial charge >= 0.3 is 0 Å². The number of hydrogen-bond acceptors (Lipinski definition) is 5. The van der Waals surface area contributed by atoms with Crippen LogP contribution in [-0.2, 0) is 4.79 Å². The Balaban J connectivity index is 1.59. The summed E-state index contributed by atoms with van der Waals surface area (Å²) in [5, 5.41) is 5.84. The van der Waals surface area contributed by atoms with Gasteiger partial charge in [-0.15, -0.1) is 5.10 Å². The van der Waals surface area contributed by atoms with E-state index in [1.165, 1.54) is 0 Å². The molecule has 3 aromatic rings. The maximum atomic E-state index is 12.4. The van der Waals surface area contributed by atoms with Crippen LogP contribution in [0, 0.1) is 5.92 Å². The molecule has 3 heterocycles. The zero-order chi connectivity index (χ0) is 20.5. The summed E-state index contributed by atoms with van der Waals surface area (Å²) in [5.74, 6) is 1.36. The number of halogens is 2. The molecule has 4 rings (SSSR count). The molecule has 1 atom stereocenters. The summed E-state index contributed by atoms with van der Waals surface area (Å²) in [6.45, 7) is 6.72. The monoisotopic (exact) mass is 432 g/mol. The number of fused-ring (bicyclic) bond motifs is 1. The van der Waals surface area contributed by atoms with Crippen LogP contribution in [0.2, 0.25) is 10.0 Å². The molecule has 2 aromatic heterocycles. The summed E-state index contributed by atoms with van der Waals surface area (Å²) >= 11 is 12.5. The number of piperazine rings is 1. The topological polar surface area (TPSA) is 66.6 Å². The van der Waals surface area contributed by atoms with Crippen LogP contribution in [0.1, 0.15) is 20.3 Å². The number of hydrogen-bond donors (Lipinski definition) is 0. The summed E-state index contributed by atoms with van der Waals surface area (Å²) in [6.07, 6.45) is 2.54. The van der Waals surface area contributed by atoms with E-state index in [2.05, 4.69) is 20.0 Å². The number of nitrogens with zero attached hydrogens (tertiary/aromatic N) is 6. The molecule has 0 radical (unpaired) electrons. The fourth-order valence-electron chi connectivity index (χ4n) is 3.43. The van der Waals surface area contributed by atoms with Crippen molar-refractivity contribution in [2.24, 2.45) is 5.92 Å². The highest BCUT2D eigenvalue weighted by atomic mass is 35.5. The van der Waals surface area contributed by atoms with E-state index in [4.69, 9.17) is 23.2 Å². The second kappa shape index (κ2) is 8.16. The summed E-state index contributed by atoms with van der Waals surface area (Å²) in [5.41, 5.74) is 1.54. The van der Waals surface area contributed by atoms with Gasteiger partial charge in [-0.05, 0) is 30.7 Å². The zero-order valence-corrected chi connectivity index (χ0v) is 17.9. The van der Waals surface area contributed by atoms with E-state index in [0.29, 0.717) is 48.0 Å². The molecule has 1 saturated heterocycles. The van der Waals surface area contributed by atoms with Gasteiger partial charge in [-0.2, -0.15) is 9.50 Å². The van der Waals surface area contributed by atoms with E-state index < -0.39 is 0 Å². The maximum Gasteiger partial charge on any atom is 0.254 e. The van der Waals surface area contributed by atoms with Crippen LogP contribution in [-0.4, -0.2) is 56.6 Å². The van der Waals surface area contributed by atoms with E-state index >= 15 is 0 Å². The quantitative estimate of drug-likeness (QED) is 0.627. The Labute approximate surface area is 179 Å². The van der Waals surface area contributed by atoms with Crippen molar-refractivity contribution in [3.63, 3.8) is 0 Å². The predicted octanol–water partition coefficient (Wildman–Crippen LogP) is 3.79. The normalized spacial score (nSPS) is 15.7. The van der Waals surface area contributed by atoms with Gasteiger partial charge in [0.05, 0.1) is 10.7 Å². The van der Waals surface area contributed by atoms with Crippen molar-refractivity contribution < 1.29 is 4.79 Å². The number of rotatable bonds is 4. The summed E-state index contributed by atoms with van der Waals surface area (Å²) in [4.78, 5) is 25.3. The molecule has 1 aliphatic heterocycles. The minimum Gasteiger partial charge on any atom is -0.339 e. The smallest absolute Gasteiger partial charge is 0.254 e. The minimum atomic E-state index is 0.0593. The first-order valence-corrected chi connectivity index (χ1v) is 10.4. The van der Waals surface area contributed by atoms with Crippen molar-refractivity contribution in [3.8, 4) is 11.3 Å². The molecule has 0 unspecified atom stereocenters. The first-order chi connectivity index (χ1) is 14.0. The van der Waals surface area contributed by atoms with Crippen molar-refractivity contribution in [2.75, 3.05) is 31.1 Å². The van der Waals surface area contributed by atoms with Crippen molar-refractivity contribution in [1.29, 1.82) is 0 Å². The average Bonchev–Trinajstić information content (AvgIpc) is 3.19. The number of benzene rings is 1. The number of carbonyl (C=O) groups is 1. The fourth-order valence-corrected chi connectivity index (χ4v) is 3.81. The van der Waals surface area contributed by atoms with Crippen molar-refractivity contribution >= 4 is 40.8 Å². The lowest BCUT2D eigenvalue weighted by molar-refractivity contribution is -0.135. The number of amides is 1. The molecule has 1 amide bonds. The first-order valence-electron chi connectivity index (χ1n) is 9.69. The SMILES string of the molecule is CC[C@@H](C)C(=O)N1CCN(c2nc3nccc(-c4cc(Cl)ccc4Cl)n3n2)CC1. The molecule has 9 heteroatoms. The largest absolute Gasteiger partial charge is 0.339 e. The molecule has 0 spiro atoms. The van der Waals surface area contributed by atoms with Crippen LogP contribution in [0.3, 0.4) is 0 Å². The zero-order valence-electron chi connectivity index (χ0n) is 16.3. The molecule has 0 saturated carbocycles. The molecule has 1 aliphatic rings. The predicted molar refractivity (Wildman–Crippen MR) is 114 cm³/mol. The van der Waals surface area contributed by atoms with Crippen LogP contribution in [0.4, 0.5) is 5.95 Å². The highest BCUT2D eigenvalue weighted by Gasteiger charge is 2.26. The molecule has 0 N–H and O–H groups in total. The Morgan fingerprint density at radius 3 is 2.66 bits per heavy atom. The standard InChI is InChI=1S/C20H22Cl2N6O/c1-3-13(2)18(29)26-8-10-27(11-9-26)20-24-19-23-7-6-17(28(19)25-20)15-12-14(21)4-5-16(15)22/h4-7,12-13H,3,8-11H2,1-2H3/t13-/m1/s1. The summed E-state index contributed by atoms with van der Waals surface area (Å²) in [6, 6.07) is 7.15. The Morgan fingerprint density at radius 1 is 1.17 bits per heavy atom. The third-order valence-electron chi connectivity index (χ3n) is 5.34. The number of anilines is 1. The maximum absolute atomic E-state index is 12.4. The van der Waals surface area contributed by atoms with Crippen LogP contribution in [0.5, 0.6) is 0 Å². The first kappa shape index (κ1) is 19.9. The van der Waals surface area contributed by atoms with Gasteiger partial charge < -0.3 is 9.80 Å². The van der Waals surface area contributed by atoms with Gasteiger partial charge in [0.25, 0.3) is 5.78 Å². The molecule has 152 valence electrons. The minimum absolute atomic E-state index is 0.0593. The lowest BCUT2D eigenvalue weighted by atomic mass is 10.1. The van der Waals surface area contributed by atoms with E-state index in [0.717, 1.165) is 17.7 Å². The van der Waals surface area contributed by atoms with Crippen molar-refractivity contribution in [1.82, 2.24) is 24.5 Å². The lowest BCUT2D eigenvalue weighted by Gasteiger charge is -2.35. The van der Waals surface area contributed by atoms with Gasteiger partial charge in [-0.1, -0.05) is 37.0 Å². The van der Waals surface area contributed by atoms with Gasteiger partial charge in [0.15, 0.2) is 0 Å². The summed E-state index contributed by atoms with van der Waals surface area (Å²) in [7, 11) is 0. The second-order valence-electron chi connectivity index (χ2n) is 7.20. The van der Waals surface area contributed by atoms with Crippen LogP contribution in [0.25, 0.3) is 17.0 Å². The van der Waals surface area contributed by atoms with E-state index in [9.17, 15) is 4.79 Å². The molecule has 1 aromatic carbocycles. The third-order valence-corrected chi connectivity index (χ3v) is 5.91. The second-order valence-corrected chi connectivity index (χ2v) is 8.04. The van der Waals surface area contributed by atoms with Gasteiger partial charge in [-0.25, -0.2) is 4.98 Å². The average molecular weight is 433 g/mol. The molecule has 29 heavy (non-hydrogen) atoms. The lowest BCUT2D eigenvalue weighted by Crippen LogP contribution is -2.50. The van der Waals surface area contributed by atoms with Gasteiger partial charge in [0.2, 0.25) is 11.9 Å².